The topological polar surface area (TPSA) is 66.1 Å². The number of rotatable bonds is 6. The maximum Gasteiger partial charge on any atom is 0.230 e. The molecule has 8 heteroatoms. The zero-order valence-corrected chi connectivity index (χ0v) is 16.5. The molecule has 2 aromatic heterocycles. The summed E-state index contributed by atoms with van der Waals surface area (Å²) in [6.07, 6.45) is 1.47. The Hall–Kier alpha value is -2.16. The van der Waals surface area contributed by atoms with Crippen molar-refractivity contribution in [1.29, 1.82) is 0 Å². The zero-order valence-electron chi connectivity index (χ0n) is 15.7. The maximum absolute atomic E-state index is 10.8. The van der Waals surface area contributed by atoms with E-state index < -0.39 is 0 Å². The molecule has 1 saturated heterocycles. The number of likely N-dealkylation sites (N-methyl/N-ethyl adjacent to an activating group) is 1. The van der Waals surface area contributed by atoms with E-state index in [1.165, 1.54) is 22.2 Å². The van der Waals surface area contributed by atoms with Gasteiger partial charge in [0.2, 0.25) is 10.8 Å². The van der Waals surface area contributed by atoms with Crippen molar-refractivity contribution in [3.63, 3.8) is 0 Å². The van der Waals surface area contributed by atoms with Crippen molar-refractivity contribution in [3.8, 4) is 11.6 Å². The Morgan fingerprint density at radius 3 is 2.52 bits per heavy atom. The number of piperazine rings is 1. The molecular formula is C19H25N5O2S. The van der Waals surface area contributed by atoms with Gasteiger partial charge in [-0.3, -0.25) is 4.90 Å². The van der Waals surface area contributed by atoms with Crippen molar-refractivity contribution in [2.24, 2.45) is 0 Å². The monoisotopic (exact) mass is 387 g/mol. The van der Waals surface area contributed by atoms with E-state index in [0.29, 0.717) is 11.6 Å². The van der Waals surface area contributed by atoms with Crippen LogP contribution >= 0.6 is 11.3 Å². The molecule has 0 radical (unpaired) electrons. The van der Waals surface area contributed by atoms with Crippen molar-refractivity contribution in [3.05, 3.63) is 41.0 Å². The van der Waals surface area contributed by atoms with Crippen molar-refractivity contribution in [2.75, 3.05) is 39.3 Å². The second kappa shape index (κ2) is 7.84. The van der Waals surface area contributed by atoms with E-state index in [-0.39, 0.29) is 11.9 Å². The Bertz CT molecular complexity index is 883. The standard InChI is InChI=1S/C19H25N5O2S/c1-3-22-9-11-23(12-10-22)16(14-5-7-15(8-6-14)26-4-2)17-18(25)24-19(27-17)20-13-21-24/h5-8,13,16,25H,3-4,9-12H2,1-2H3. The molecule has 144 valence electrons. The molecule has 0 spiro atoms. The maximum atomic E-state index is 10.8. The summed E-state index contributed by atoms with van der Waals surface area (Å²) < 4.78 is 7.11. The van der Waals surface area contributed by atoms with Crippen LogP contribution in [0.25, 0.3) is 4.96 Å². The van der Waals surface area contributed by atoms with Crippen LogP contribution in [0.3, 0.4) is 0 Å². The van der Waals surface area contributed by atoms with Gasteiger partial charge in [0.25, 0.3) is 0 Å². The summed E-state index contributed by atoms with van der Waals surface area (Å²) in [4.78, 5) is 10.7. The summed E-state index contributed by atoms with van der Waals surface area (Å²) >= 11 is 1.50. The second-order valence-electron chi connectivity index (χ2n) is 6.62. The van der Waals surface area contributed by atoms with Gasteiger partial charge in [0.05, 0.1) is 17.5 Å². The smallest absolute Gasteiger partial charge is 0.230 e. The Morgan fingerprint density at radius 2 is 1.89 bits per heavy atom. The summed E-state index contributed by atoms with van der Waals surface area (Å²) in [6, 6.07) is 8.17. The molecule has 1 aliphatic heterocycles. The van der Waals surface area contributed by atoms with Crippen molar-refractivity contribution < 1.29 is 9.84 Å². The molecule has 3 aromatic rings. The highest BCUT2D eigenvalue weighted by Crippen LogP contribution is 2.40. The minimum absolute atomic E-state index is 0.0202. The van der Waals surface area contributed by atoms with Gasteiger partial charge in [0, 0.05) is 26.2 Å². The normalized spacial score (nSPS) is 17.4. The van der Waals surface area contributed by atoms with Gasteiger partial charge in [-0.2, -0.15) is 9.61 Å². The summed E-state index contributed by atoms with van der Waals surface area (Å²) in [6.45, 7) is 9.89. The molecule has 1 aromatic carbocycles. The lowest BCUT2D eigenvalue weighted by molar-refractivity contribution is 0.113. The van der Waals surface area contributed by atoms with Gasteiger partial charge >= 0.3 is 0 Å². The van der Waals surface area contributed by atoms with Gasteiger partial charge in [-0.05, 0) is 31.2 Å². The molecule has 1 unspecified atom stereocenters. The van der Waals surface area contributed by atoms with E-state index in [0.717, 1.165) is 48.9 Å². The SMILES string of the molecule is CCOc1ccc(C(c2sc3ncnn3c2O)N2CCN(CC)CC2)cc1. The van der Waals surface area contributed by atoms with E-state index in [9.17, 15) is 5.11 Å². The van der Waals surface area contributed by atoms with Crippen LogP contribution in [0.4, 0.5) is 0 Å². The first-order valence-electron chi connectivity index (χ1n) is 9.41. The van der Waals surface area contributed by atoms with Gasteiger partial charge < -0.3 is 14.7 Å². The average molecular weight is 388 g/mol. The summed E-state index contributed by atoms with van der Waals surface area (Å²) in [7, 11) is 0. The summed E-state index contributed by atoms with van der Waals surface area (Å²) in [5, 5.41) is 14.9. The highest BCUT2D eigenvalue weighted by atomic mass is 32.1. The average Bonchev–Trinajstić information content (AvgIpc) is 3.28. The summed E-state index contributed by atoms with van der Waals surface area (Å²) in [5.41, 5.74) is 1.14. The fourth-order valence-electron chi connectivity index (χ4n) is 3.65. The van der Waals surface area contributed by atoms with Crippen LogP contribution in [0, 0.1) is 0 Å². The second-order valence-corrected chi connectivity index (χ2v) is 7.63. The zero-order chi connectivity index (χ0) is 18.8. The third kappa shape index (κ3) is 3.52. The number of ether oxygens (including phenoxy) is 1. The quantitative estimate of drug-likeness (QED) is 0.701. The van der Waals surface area contributed by atoms with Crippen LogP contribution in [0.5, 0.6) is 11.6 Å². The predicted molar refractivity (Wildman–Crippen MR) is 106 cm³/mol. The number of hydrogen-bond donors (Lipinski definition) is 1. The van der Waals surface area contributed by atoms with Crippen molar-refractivity contribution >= 4 is 16.3 Å². The molecule has 1 aliphatic rings. The first-order chi connectivity index (χ1) is 13.2. The number of benzene rings is 1. The largest absolute Gasteiger partial charge is 0.494 e. The lowest BCUT2D eigenvalue weighted by Crippen LogP contribution is -2.47. The van der Waals surface area contributed by atoms with Crippen LogP contribution < -0.4 is 4.74 Å². The van der Waals surface area contributed by atoms with Gasteiger partial charge in [0.1, 0.15) is 12.1 Å². The number of nitrogens with zero attached hydrogens (tertiary/aromatic N) is 5. The van der Waals surface area contributed by atoms with Crippen molar-refractivity contribution in [1.82, 2.24) is 24.4 Å². The molecule has 4 rings (SSSR count). The van der Waals surface area contributed by atoms with Crippen LogP contribution in [0.15, 0.2) is 30.6 Å². The lowest BCUT2D eigenvalue weighted by Gasteiger charge is -2.38. The van der Waals surface area contributed by atoms with Gasteiger partial charge in [-0.1, -0.05) is 30.4 Å². The van der Waals surface area contributed by atoms with Crippen LogP contribution in [0.1, 0.15) is 30.3 Å². The fourth-order valence-corrected chi connectivity index (χ4v) is 4.74. The molecule has 0 bridgehead atoms. The number of fused-ring (bicyclic) bond motifs is 1. The number of thiazole rings is 1. The molecule has 0 amide bonds. The van der Waals surface area contributed by atoms with Crippen LogP contribution in [0.2, 0.25) is 0 Å². The van der Waals surface area contributed by atoms with Crippen molar-refractivity contribution in [2.45, 2.75) is 19.9 Å². The summed E-state index contributed by atoms with van der Waals surface area (Å²) in [5.74, 6) is 1.05. The third-order valence-electron chi connectivity index (χ3n) is 5.11. The fraction of sp³-hybridized carbons (Fsp3) is 0.474. The van der Waals surface area contributed by atoms with E-state index >= 15 is 0 Å². The molecule has 7 nitrogen and oxygen atoms in total. The predicted octanol–water partition coefficient (Wildman–Crippen LogP) is 2.62. The molecule has 3 heterocycles. The van der Waals surface area contributed by atoms with Crippen LogP contribution in [-0.2, 0) is 0 Å². The Morgan fingerprint density at radius 1 is 1.15 bits per heavy atom. The minimum Gasteiger partial charge on any atom is -0.494 e. The first kappa shape index (κ1) is 18.2. The highest BCUT2D eigenvalue weighted by Gasteiger charge is 2.31. The molecular weight excluding hydrogens is 362 g/mol. The number of aromatic nitrogens is 3. The Labute approximate surface area is 162 Å². The van der Waals surface area contributed by atoms with E-state index in [1.807, 2.05) is 19.1 Å². The molecule has 0 aliphatic carbocycles. The van der Waals surface area contributed by atoms with E-state index in [1.54, 1.807) is 0 Å². The number of aromatic hydroxyl groups is 1. The van der Waals surface area contributed by atoms with Crippen LogP contribution in [-0.4, -0.2) is 68.8 Å². The number of hydrogen-bond acceptors (Lipinski definition) is 7. The van der Waals surface area contributed by atoms with Gasteiger partial charge in [0.15, 0.2) is 0 Å². The molecule has 27 heavy (non-hydrogen) atoms. The highest BCUT2D eigenvalue weighted by molar-refractivity contribution is 7.17. The minimum atomic E-state index is -0.0202. The molecule has 1 atom stereocenters. The molecule has 1 N–H and O–H groups in total. The third-order valence-corrected chi connectivity index (χ3v) is 6.20. The molecule has 1 fully saturated rings. The van der Waals surface area contributed by atoms with Gasteiger partial charge in [-0.15, -0.1) is 0 Å². The Balaban J connectivity index is 1.70. The lowest BCUT2D eigenvalue weighted by atomic mass is 10.0. The van der Waals surface area contributed by atoms with E-state index in [4.69, 9.17) is 4.74 Å². The Kier molecular flexibility index (Phi) is 5.29. The first-order valence-corrected chi connectivity index (χ1v) is 10.2. The van der Waals surface area contributed by atoms with E-state index in [2.05, 4.69) is 38.9 Å². The van der Waals surface area contributed by atoms with Gasteiger partial charge in [-0.25, -0.2) is 4.98 Å². The molecule has 0 saturated carbocycles.